The van der Waals surface area contributed by atoms with Crippen molar-refractivity contribution in [2.24, 2.45) is 5.92 Å². The maximum atomic E-state index is 13.0. The fourth-order valence-corrected chi connectivity index (χ4v) is 7.09. The van der Waals surface area contributed by atoms with Crippen molar-refractivity contribution < 1.29 is 24.9 Å². The molecule has 3 saturated heterocycles. The average Bonchev–Trinajstić information content (AvgIpc) is 3.11. The summed E-state index contributed by atoms with van der Waals surface area (Å²) in [7, 11) is 3.57. The number of piperidine rings is 1. The summed E-state index contributed by atoms with van der Waals surface area (Å²) in [6.07, 6.45) is 2.02. The van der Waals surface area contributed by atoms with Crippen molar-refractivity contribution >= 4 is 11.6 Å². The number of hydrogen-bond acceptors (Lipinski definition) is 9. The van der Waals surface area contributed by atoms with E-state index in [9.17, 15) is 25.4 Å². The van der Waals surface area contributed by atoms with E-state index in [2.05, 4.69) is 26.5 Å². The van der Waals surface area contributed by atoms with Gasteiger partial charge in [0, 0.05) is 36.2 Å². The van der Waals surface area contributed by atoms with E-state index in [0.717, 1.165) is 24.0 Å². The van der Waals surface area contributed by atoms with Crippen LogP contribution in [0.25, 0.3) is 0 Å². The Bertz CT molecular complexity index is 1010. The fraction of sp³-hybridized carbons (Fsp3) is 0.680. The fourth-order valence-electron chi connectivity index (χ4n) is 7.09. The monoisotopic (exact) mass is 485 g/mol. The van der Waals surface area contributed by atoms with E-state index in [0.29, 0.717) is 30.8 Å². The molecule has 1 aromatic rings. The number of piperazine rings is 1. The van der Waals surface area contributed by atoms with Crippen molar-refractivity contribution in [3.8, 4) is 11.8 Å². The molecule has 0 aromatic heterocycles. The predicted molar refractivity (Wildman–Crippen MR) is 128 cm³/mol. The molecule has 0 unspecified atom stereocenters. The van der Waals surface area contributed by atoms with Crippen LogP contribution in [-0.2, 0) is 11.2 Å². The number of likely N-dealkylation sites (N-methyl/N-ethyl adjacent to an activating group) is 1. The van der Waals surface area contributed by atoms with Crippen LogP contribution in [0, 0.1) is 17.2 Å². The number of nitrogens with zero attached hydrogens (tertiary/aromatic N) is 3. The molecule has 1 aromatic carbocycles. The molecule has 5 rings (SSSR count). The maximum Gasteiger partial charge on any atom is 0.244 e. The predicted octanol–water partition coefficient (Wildman–Crippen LogP) is -0.406. The van der Waals surface area contributed by atoms with Crippen molar-refractivity contribution in [2.75, 3.05) is 39.2 Å². The van der Waals surface area contributed by atoms with Gasteiger partial charge < -0.3 is 30.7 Å². The highest BCUT2D eigenvalue weighted by Crippen LogP contribution is 2.50. The van der Waals surface area contributed by atoms with Crippen LogP contribution < -0.4 is 15.4 Å². The lowest BCUT2D eigenvalue weighted by Crippen LogP contribution is -2.66. The molecule has 0 radical (unpaired) electrons. The van der Waals surface area contributed by atoms with Crippen LogP contribution in [0.2, 0.25) is 0 Å². The minimum Gasteiger partial charge on any atom is -0.494 e. The number of carbonyl (C=O) groups excluding carboxylic acids is 1. The average molecular weight is 486 g/mol. The first-order valence-electron chi connectivity index (χ1n) is 12.5. The Labute approximate surface area is 205 Å². The van der Waals surface area contributed by atoms with Crippen molar-refractivity contribution in [3.63, 3.8) is 0 Å². The van der Waals surface area contributed by atoms with Crippen LogP contribution in [0.15, 0.2) is 12.1 Å². The first kappa shape index (κ1) is 24.4. The summed E-state index contributed by atoms with van der Waals surface area (Å²) in [5, 5.41) is 47.1. The number of hydrogen-bond donors (Lipinski definition) is 5. The summed E-state index contributed by atoms with van der Waals surface area (Å²) >= 11 is 0. The van der Waals surface area contributed by atoms with Gasteiger partial charge in [-0.25, -0.2) is 0 Å². The summed E-state index contributed by atoms with van der Waals surface area (Å²) in [6.45, 7) is 0.534. The highest BCUT2D eigenvalue weighted by molar-refractivity contribution is 5.97. The third kappa shape index (κ3) is 3.82. The van der Waals surface area contributed by atoms with Crippen LogP contribution in [0.4, 0.5) is 5.69 Å². The van der Waals surface area contributed by atoms with Gasteiger partial charge in [0.25, 0.3) is 0 Å². The molecule has 35 heavy (non-hydrogen) atoms. The number of carbonyl (C=O) groups is 1. The van der Waals surface area contributed by atoms with Gasteiger partial charge in [0.15, 0.2) is 0 Å². The minimum absolute atomic E-state index is 0.0262. The third-order valence-corrected chi connectivity index (χ3v) is 8.60. The van der Waals surface area contributed by atoms with Crippen LogP contribution in [0.3, 0.4) is 0 Å². The van der Waals surface area contributed by atoms with Gasteiger partial charge in [-0.1, -0.05) is 6.07 Å². The number of methoxy groups -OCH3 is 1. The molecule has 5 N–H and O–H groups in total. The molecular formula is C25H35N5O5. The van der Waals surface area contributed by atoms with Crippen molar-refractivity contribution in [1.82, 2.24) is 15.1 Å². The summed E-state index contributed by atoms with van der Waals surface area (Å²) in [4.78, 5) is 17.3. The number of amides is 1. The summed E-state index contributed by atoms with van der Waals surface area (Å²) in [6, 6.07) is 4.65. The SMILES string of the molecule is COc1c(NC(=O)[C@H]2NCCC[C@H]2O)ccc2c1[C@H](CO)N1[C@H](C#N)[C@@H]3C[C@@H](CO)[C@H]([C@@H]1C2)N3C. The van der Waals surface area contributed by atoms with E-state index >= 15 is 0 Å². The number of fused-ring (bicyclic) bond motifs is 5. The number of ether oxygens (including phenoxy) is 1. The van der Waals surface area contributed by atoms with Gasteiger partial charge in [0.1, 0.15) is 17.8 Å². The van der Waals surface area contributed by atoms with E-state index in [1.807, 2.05) is 19.2 Å². The zero-order chi connectivity index (χ0) is 24.9. The Morgan fingerprint density at radius 2 is 2.11 bits per heavy atom. The van der Waals surface area contributed by atoms with Gasteiger partial charge in [-0.05, 0) is 50.9 Å². The molecule has 2 bridgehead atoms. The van der Waals surface area contributed by atoms with E-state index < -0.39 is 24.2 Å². The lowest BCUT2D eigenvalue weighted by molar-refractivity contribution is -0.121. The number of anilines is 1. The quantitative estimate of drug-likeness (QED) is 0.376. The zero-order valence-corrected chi connectivity index (χ0v) is 20.2. The number of aliphatic hydroxyl groups is 3. The summed E-state index contributed by atoms with van der Waals surface area (Å²) in [5.41, 5.74) is 2.26. The first-order chi connectivity index (χ1) is 16.9. The number of rotatable bonds is 5. The lowest BCUT2D eigenvalue weighted by atomic mass is 9.80. The Balaban J connectivity index is 1.53. The molecule has 10 nitrogen and oxygen atoms in total. The molecule has 10 heteroatoms. The summed E-state index contributed by atoms with van der Waals surface area (Å²) in [5.74, 6) is 0.218. The highest BCUT2D eigenvalue weighted by atomic mass is 16.5. The molecule has 3 fully saturated rings. The second kappa shape index (κ2) is 9.65. The standard InChI is InChI=1S/C25H35N5O5/c1-29-16-9-14(11-31)23(29)17-8-13-5-6-15(28-25(34)22-20(33)4-3-7-27-22)24(35-2)21(13)19(12-32)30(17)18(16)10-26/h5-6,14,16-20,22-23,27,31-33H,3-4,7-9,11-12H2,1-2H3,(H,28,34)/t14-,16-,17-,18+,19-,20+,22-,23+/m0/s1. The molecule has 4 aliphatic heterocycles. The van der Waals surface area contributed by atoms with Crippen molar-refractivity contribution in [2.45, 2.75) is 68.0 Å². The van der Waals surface area contributed by atoms with E-state index in [-0.39, 0.29) is 43.2 Å². The molecule has 0 aliphatic carbocycles. The van der Waals surface area contributed by atoms with Gasteiger partial charge in [0.05, 0.1) is 37.6 Å². The van der Waals surface area contributed by atoms with E-state index in [1.54, 1.807) is 0 Å². The lowest BCUT2D eigenvalue weighted by Gasteiger charge is -2.54. The first-order valence-corrected chi connectivity index (χ1v) is 12.5. The molecule has 0 spiro atoms. The number of benzene rings is 1. The molecule has 4 aliphatic rings. The van der Waals surface area contributed by atoms with Crippen LogP contribution >= 0.6 is 0 Å². The van der Waals surface area contributed by atoms with Crippen molar-refractivity contribution in [3.05, 3.63) is 23.3 Å². The molecular weight excluding hydrogens is 450 g/mol. The Hall–Kier alpha value is -2.26. The normalized spacial score (nSPS) is 36.7. The number of aliphatic hydroxyl groups excluding tert-OH is 3. The topological polar surface area (TPSA) is 141 Å². The van der Waals surface area contributed by atoms with Gasteiger partial charge in [-0.2, -0.15) is 5.26 Å². The number of nitrogens with one attached hydrogen (secondary N) is 2. The Kier molecular flexibility index (Phi) is 6.74. The molecule has 8 atom stereocenters. The number of nitriles is 1. The zero-order valence-electron chi connectivity index (χ0n) is 20.2. The highest BCUT2D eigenvalue weighted by Gasteiger charge is 2.58. The Morgan fingerprint density at radius 1 is 1.31 bits per heavy atom. The minimum atomic E-state index is -0.755. The second-order valence-corrected chi connectivity index (χ2v) is 10.2. The largest absolute Gasteiger partial charge is 0.494 e. The summed E-state index contributed by atoms with van der Waals surface area (Å²) < 4.78 is 5.80. The molecule has 190 valence electrons. The molecule has 0 saturated carbocycles. The second-order valence-electron chi connectivity index (χ2n) is 10.2. The Morgan fingerprint density at radius 3 is 2.77 bits per heavy atom. The maximum absolute atomic E-state index is 13.0. The van der Waals surface area contributed by atoms with E-state index in [4.69, 9.17) is 4.74 Å². The van der Waals surface area contributed by atoms with Crippen LogP contribution in [0.5, 0.6) is 5.75 Å². The van der Waals surface area contributed by atoms with Crippen LogP contribution in [0.1, 0.15) is 36.4 Å². The third-order valence-electron chi connectivity index (χ3n) is 8.60. The van der Waals surface area contributed by atoms with Crippen LogP contribution in [-0.4, -0.2) is 101 Å². The van der Waals surface area contributed by atoms with Gasteiger partial charge in [-0.15, -0.1) is 0 Å². The van der Waals surface area contributed by atoms with E-state index in [1.165, 1.54) is 7.11 Å². The van der Waals surface area contributed by atoms with Crippen molar-refractivity contribution in [1.29, 1.82) is 5.26 Å². The smallest absolute Gasteiger partial charge is 0.244 e. The van der Waals surface area contributed by atoms with Gasteiger partial charge in [0.2, 0.25) is 5.91 Å². The molecule has 1 amide bonds. The molecule has 4 heterocycles. The van der Waals surface area contributed by atoms with Gasteiger partial charge >= 0.3 is 0 Å². The van der Waals surface area contributed by atoms with Gasteiger partial charge in [-0.3, -0.25) is 14.6 Å².